The first-order valence-corrected chi connectivity index (χ1v) is 10.1. The highest BCUT2D eigenvalue weighted by molar-refractivity contribution is 7.91. The number of nitrogens with zero attached hydrogens (tertiary/aromatic N) is 1. The largest absolute Gasteiger partial charge is 0.371 e. The Morgan fingerprint density at radius 1 is 1.05 bits per heavy atom. The Hall–Kier alpha value is -1.07. The van der Waals surface area contributed by atoms with Crippen LogP contribution >= 0.6 is 0 Å². The van der Waals surface area contributed by atoms with E-state index in [9.17, 15) is 8.42 Å². The standard InChI is InChI=1S/C17H26N2O2S/c1-14-3-2-4-17(13-14)19-9-5-15(6-10-19)18-16-7-11-22(20,21)12-8-16/h2-4,13,15-16,18H,5-12H2,1H3. The highest BCUT2D eigenvalue weighted by atomic mass is 32.2. The minimum Gasteiger partial charge on any atom is -0.371 e. The summed E-state index contributed by atoms with van der Waals surface area (Å²) in [6, 6.07) is 9.62. The number of benzene rings is 1. The van der Waals surface area contributed by atoms with Gasteiger partial charge in [0.05, 0.1) is 11.5 Å². The highest BCUT2D eigenvalue weighted by Crippen LogP contribution is 2.22. The smallest absolute Gasteiger partial charge is 0.150 e. The normalized spacial score (nSPS) is 23.6. The first-order valence-electron chi connectivity index (χ1n) is 8.30. The van der Waals surface area contributed by atoms with Crippen molar-refractivity contribution in [3.63, 3.8) is 0 Å². The molecule has 0 radical (unpaired) electrons. The molecule has 0 aromatic heterocycles. The molecule has 2 aliphatic rings. The van der Waals surface area contributed by atoms with Crippen LogP contribution in [0.5, 0.6) is 0 Å². The van der Waals surface area contributed by atoms with Gasteiger partial charge >= 0.3 is 0 Å². The monoisotopic (exact) mass is 322 g/mol. The predicted molar refractivity (Wildman–Crippen MR) is 91.2 cm³/mol. The van der Waals surface area contributed by atoms with Crippen LogP contribution in [0.2, 0.25) is 0 Å². The molecule has 2 fully saturated rings. The number of hydrogen-bond acceptors (Lipinski definition) is 4. The molecule has 0 amide bonds. The Balaban J connectivity index is 1.48. The van der Waals surface area contributed by atoms with E-state index in [0.29, 0.717) is 23.6 Å². The zero-order valence-corrected chi connectivity index (χ0v) is 14.1. The van der Waals surface area contributed by atoms with Crippen molar-refractivity contribution < 1.29 is 8.42 Å². The van der Waals surface area contributed by atoms with Gasteiger partial charge in [0.1, 0.15) is 9.84 Å². The maximum atomic E-state index is 11.5. The summed E-state index contributed by atoms with van der Waals surface area (Å²) in [7, 11) is -2.75. The maximum absolute atomic E-state index is 11.5. The van der Waals surface area contributed by atoms with Crippen LogP contribution in [0, 0.1) is 6.92 Å². The van der Waals surface area contributed by atoms with Crippen molar-refractivity contribution in [2.24, 2.45) is 0 Å². The van der Waals surface area contributed by atoms with Crippen LogP contribution in [-0.2, 0) is 9.84 Å². The molecule has 4 nitrogen and oxygen atoms in total. The van der Waals surface area contributed by atoms with Gasteiger partial charge in [-0.3, -0.25) is 0 Å². The van der Waals surface area contributed by atoms with E-state index in [1.54, 1.807) is 0 Å². The first-order chi connectivity index (χ1) is 10.5. The summed E-state index contributed by atoms with van der Waals surface area (Å²) in [4.78, 5) is 2.45. The molecule has 0 spiro atoms. The molecule has 1 N–H and O–H groups in total. The quantitative estimate of drug-likeness (QED) is 0.926. The van der Waals surface area contributed by atoms with E-state index >= 15 is 0 Å². The molecule has 0 atom stereocenters. The fourth-order valence-corrected chi connectivity index (χ4v) is 5.01. The van der Waals surface area contributed by atoms with Crippen molar-refractivity contribution in [1.82, 2.24) is 5.32 Å². The Morgan fingerprint density at radius 3 is 2.32 bits per heavy atom. The van der Waals surface area contributed by atoms with Crippen LogP contribution in [0.1, 0.15) is 31.2 Å². The fourth-order valence-electron chi connectivity index (χ4n) is 3.52. The molecular weight excluding hydrogens is 296 g/mol. The molecule has 0 bridgehead atoms. The summed E-state index contributed by atoms with van der Waals surface area (Å²) in [5.41, 5.74) is 2.63. The SMILES string of the molecule is Cc1cccc(N2CCC(NC3CCS(=O)(=O)CC3)CC2)c1. The number of sulfone groups is 1. The molecular formula is C17H26N2O2S. The Kier molecular flexibility index (Phi) is 4.73. The number of anilines is 1. The molecule has 2 aliphatic heterocycles. The summed E-state index contributed by atoms with van der Waals surface area (Å²) in [6.45, 7) is 4.28. The molecule has 5 heteroatoms. The molecule has 22 heavy (non-hydrogen) atoms. The zero-order valence-electron chi connectivity index (χ0n) is 13.3. The molecule has 2 heterocycles. The second kappa shape index (κ2) is 6.59. The third-order valence-electron chi connectivity index (χ3n) is 4.89. The van der Waals surface area contributed by atoms with Gasteiger partial charge in [-0.15, -0.1) is 0 Å². The Bertz CT molecular complexity index is 593. The van der Waals surface area contributed by atoms with E-state index in [4.69, 9.17) is 0 Å². The van der Waals surface area contributed by atoms with Gasteiger partial charge in [-0.1, -0.05) is 12.1 Å². The summed E-state index contributed by atoms with van der Waals surface area (Å²) < 4.78 is 23.0. The third-order valence-corrected chi connectivity index (χ3v) is 6.60. The Morgan fingerprint density at radius 2 is 1.68 bits per heavy atom. The molecule has 122 valence electrons. The van der Waals surface area contributed by atoms with Crippen molar-refractivity contribution in [1.29, 1.82) is 0 Å². The van der Waals surface area contributed by atoms with Crippen LogP contribution in [0.3, 0.4) is 0 Å². The molecule has 1 aromatic rings. The lowest BCUT2D eigenvalue weighted by Gasteiger charge is -2.36. The van der Waals surface area contributed by atoms with E-state index in [-0.39, 0.29) is 0 Å². The van der Waals surface area contributed by atoms with Gasteiger partial charge in [-0.25, -0.2) is 8.42 Å². The van der Waals surface area contributed by atoms with Crippen LogP contribution in [-0.4, -0.2) is 45.1 Å². The molecule has 2 saturated heterocycles. The lowest BCUT2D eigenvalue weighted by atomic mass is 10.0. The second-order valence-electron chi connectivity index (χ2n) is 6.69. The predicted octanol–water partition coefficient (Wildman–Crippen LogP) is 2.13. The maximum Gasteiger partial charge on any atom is 0.150 e. The van der Waals surface area contributed by atoms with Crippen molar-refractivity contribution in [2.75, 3.05) is 29.5 Å². The number of aryl methyl sites for hydroxylation is 1. The lowest BCUT2D eigenvalue weighted by Crippen LogP contribution is -2.48. The van der Waals surface area contributed by atoms with Crippen LogP contribution in [0.25, 0.3) is 0 Å². The van der Waals surface area contributed by atoms with Gasteiger partial charge in [-0.05, 0) is 50.3 Å². The number of nitrogens with one attached hydrogen (secondary N) is 1. The molecule has 1 aromatic carbocycles. The van der Waals surface area contributed by atoms with Gasteiger partial charge < -0.3 is 10.2 Å². The number of rotatable bonds is 3. The average Bonchev–Trinajstić information content (AvgIpc) is 2.50. The summed E-state index contributed by atoms with van der Waals surface area (Å²) in [6.07, 6.45) is 3.83. The average molecular weight is 322 g/mol. The molecule has 0 saturated carbocycles. The van der Waals surface area contributed by atoms with Crippen LogP contribution < -0.4 is 10.2 Å². The van der Waals surface area contributed by atoms with Gasteiger partial charge in [-0.2, -0.15) is 0 Å². The molecule has 0 unspecified atom stereocenters. The van der Waals surface area contributed by atoms with Crippen molar-refractivity contribution in [3.8, 4) is 0 Å². The van der Waals surface area contributed by atoms with E-state index < -0.39 is 9.84 Å². The van der Waals surface area contributed by atoms with Gasteiger partial charge in [0.25, 0.3) is 0 Å². The minimum atomic E-state index is -2.75. The van der Waals surface area contributed by atoms with Crippen molar-refractivity contribution in [3.05, 3.63) is 29.8 Å². The molecule has 0 aliphatic carbocycles. The summed E-state index contributed by atoms with van der Waals surface area (Å²) in [5, 5.41) is 3.69. The van der Waals surface area contributed by atoms with Crippen molar-refractivity contribution >= 4 is 15.5 Å². The van der Waals surface area contributed by atoms with E-state index in [1.165, 1.54) is 11.3 Å². The highest BCUT2D eigenvalue weighted by Gasteiger charge is 2.27. The second-order valence-corrected chi connectivity index (χ2v) is 9.00. The van der Waals surface area contributed by atoms with Gasteiger partial charge in [0, 0.05) is 30.9 Å². The van der Waals surface area contributed by atoms with Crippen LogP contribution in [0.4, 0.5) is 5.69 Å². The Labute approximate surface area is 133 Å². The molecule has 3 rings (SSSR count). The fraction of sp³-hybridized carbons (Fsp3) is 0.647. The van der Waals surface area contributed by atoms with Crippen LogP contribution in [0.15, 0.2) is 24.3 Å². The van der Waals surface area contributed by atoms with E-state index in [1.807, 2.05) is 0 Å². The summed E-state index contributed by atoms with van der Waals surface area (Å²) in [5.74, 6) is 0.708. The topological polar surface area (TPSA) is 49.4 Å². The van der Waals surface area contributed by atoms with E-state index in [2.05, 4.69) is 41.4 Å². The lowest BCUT2D eigenvalue weighted by molar-refractivity contribution is 0.349. The van der Waals surface area contributed by atoms with Crippen molar-refractivity contribution in [2.45, 2.75) is 44.7 Å². The summed E-state index contributed by atoms with van der Waals surface area (Å²) >= 11 is 0. The van der Waals surface area contributed by atoms with Gasteiger partial charge in [0.15, 0.2) is 0 Å². The number of piperidine rings is 1. The minimum absolute atomic E-state index is 0.354. The van der Waals surface area contributed by atoms with Gasteiger partial charge in [0.2, 0.25) is 0 Å². The number of hydrogen-bond donors (Lipinski definition) is 1. The first kappa shape index (κ1) is 15.8. The zero-order chi connectivity index (χ0) is 15.6. The third kappa shape index (κ3) is 4.02. The van der Waals surface area contributed by atoms with E-state index in [0.717, 1.165) is 38.8 Å².